The molecule has 2 aromatic carbocycles. The van der Waals surface area contributed by atoms with Gasteiger partial charge in [-0.3, -0.25) is 10.1 Å². The van der Waals surface area contributed by atoms with E-state index in [9.17, 15) is 9.18 Å². The van der Waals surface area contributed by atoms with E-state index in [2.05, 4.69) is 17.2 Å². The van der Waals surface area contributed by atoms with E-state index < -0.39 is 5.82 Å². The minimum Gasteiger partial charge on any atom is -0.484 e. The number of aryl methyl sites for hydroxylation is 1. The number of ether oxygens (including phenoxy) is 1. The lowest BCUT2D eigenvalue weighted by atomic mass is 10.2. The summed E-state index contributed by atoms with van der Waals surface area (Å²) in [5.41, 5.74) is 1.41. The van der Waals surface area contributed by atoms with Gasteiger partial charge in [0.2, 0.25) is 0 Å². The fourth-order valence-electron chi connectivity index (χ4n) is 2.13. The first-order valence-corrected chi connectivity index (χ1v) is 8.04. The second-order valence-electron chi connectivity index (χ2n) is 4.94. The first-order valence-electron chi connectivity index (χ1n) is 7.22. The Morgan fingerprint density at radius 1 is 1.30 bits per heavy atom. The van der Waals surface area contributed by atoms with E-state index in [-0.39, 0.29) is 18.0 Å². The molecule has 0 aliphatic rings. The van der Waals surface area contributed by atoms with Crippen LogP contribution in [0.1, 0.15) is 12.5 Å². The molecular weight excluding hydrogens is 315 g/mol. The van der Waals surface area contributed by atoms with Crippen LogP contribution in [0, 0.1) is 5.82 Å². The highest BCUT2D eigenvalue weighted by Crippen LogP contribution is 2.27. The van der Waals surface area contributed by atoms with Crippen molar-refractivity contribution in [1.82, 2.24) is 4.98 Å². The number of carbonyl (C=O) groups excluding carboxylic acids is 1. The summed E-state index contributed by atoms with van der Waals surface area (Å²) in [5.74, 6) is -0.0758. The molecule has 0 bridgehead atoms. The van der Waals surface area contributed by atoms with Gasteiger partial charge in [0.1, 0.15) is 17.1 Å². The number of carbonyl (C=O) groups is 1. The minimum atomic E-state index is -0.396. The molecule has 1 N–H and O–H groups in total. The number of thiazole rings is 1. The second-order valence-corrected chi connectivity index (χ2v) is 5.97. The van der Waals surface area contributed by atoms with E-state index in [4.69, 9.17) is 4.74 Å². The largest absolute Gasteiger partial charge is 0.484 e. The predicted molar refractivity (Wildman–Crippen MR) is 89.5 cm³/mol. The Hall–Kier alpha value is -2.47. The number of nitrogens with one attached hydrogen (secondary N) is 1. The molecule has 1 aromatic heterocycles. The first-order chi connectivity index (χ1) is 11.2. The zero-order valence-electron chi connectivity index (χ0n) is 12.5. The van der Waals surface area contributed by atoms with Gasteiger partial charge in [-0.1, -0.05) is 36.5 Å². The maximum absolute atomic E-state index is 13.6. The summed E-state index contributed by atoms with van der Waals surface area (Å²) in [4.78, 5) is 16.0. The number of nitrogens with zero attached hydrogens (tertiary/aromatic N) is 1. The quantitative estimate of drug-likeness (QED) is 0.769. The summed E-state index contributed by atoms with van der Waals surface area (Å²) < 4.78 is 19.7. The molecule has 0 saturated carbocycles. The Morgan fingerprint density at radius 2 is 2.13 bits per heavy atom. The second kappa shape index (κ2) is 6.75. The lowest BCUT2D eigenvalue weighted by Crippen LogP contribution is -2.20. The Kier molecular flexibility index (Phi) is 4.52. The highest BCUT2D eigenvalue weighted by atomic mass is 32.1. The fraction of sp³-hybridized carbons (Fsp3) is 0.176. The molecule has 0 atom stereocenters. The third kappa shape index (κ3) is 3.65. The molecule has 118 valence electrons. The Labute approximate surface area is 136 Å². The van der Waals surface area contributed by atoms with Crippen LogP contribution in [0.2, 0.25) is 0 Å². The van der Waals surface area contributed by atoms with Crippen LogP contribution in [0.15, 0.2) is 42.5 Å². The van der Waals surface area contributed by atoms with Gasteiger partial charge in [0.05, 0.1) is 4.70 Å². The molecule has 0 saturated heterocycles. The zero-order valence-corrected chi connectivity index (χ0v) is 13.3. The number of fused-ring (bicyclic) bond motifs is 1. The molecule has 6 heteroatoms. The van der Waals surface area contributed by atoms with Gasteiger partial charge in [-0.2, -0.15) is 0 Å². The van der Waals surface area contributed by atoms with E-state index in [1.54, 1.807) is 18.2 Å². The number of rotatable bonds is 5. The Morgan fingerprint density at radius 3 is 2.91 bits per heavy atom. The molecule has 0 unspecified atom stereocenters. The lowest BCUT2D eigenvalue weighted by molar-refractivity contribution is -0.118. The Bertz CT molecular complexity index is 847. The van der Waals surface area contributed by atoms with E-state index >= 15 is 0 Å². The topological polar surface area (TPSA) is 51.2 Å². The number of hydrogen-bond donors (Lipinski definition) is 1. The molecule has 0 aliphatic heterocycles. The standard InChI is InChI=1S/C17H15FN2O2S/c1-2-11-5-3-6-12(9-11)22-10-15(21)19-17-20-16-13(18)7-4-8-14(16)23-17/h3-9H,2,10H2,1H3,(H,19,20,21). The van der Waals surface area contributed by atoms with Gasteiger partial charge in [0.25, 0.3) is 5.91 Å². The average Bonchev–Trinajstić information content (AvgIpc) is 2.97. The van der Waals surface area contributed by atoms with Gasteiger partial charge in [0.15, 0.2) is 11.7 Å². The third-order valence-electron chi connectivity index (χ3n) is 3.29. The van der Waals surface area contributed by atoms with Crippen molar-refractivity contribution in [3.63, 3.8) is 0 Å². The fourth-order valence-corrected chi connectivity index (χ4v) is 3.02. The number of hydrogen-bond acceptors (Lipinski definition) is 4. The van der Waals surface area contributed by atoms with E-state index in [0.29, 0.717) is 15.6 Å². The van der Waals surface area contributed by atoms with Crippen LogP contribution < -0.4 is 10.1 Å². The van der Waals surface area contributed by atoms with Crippen LogP contribution in [-0.4, -0.2) is 17.5 Å². The molecule has 4 nitrogen and oxygen atoms in total. The number of para-hydroxylation sites is 1. The summed E-state index contributed by atoms with van der Waals surface area (Å²) in [6.45, 7) is 1.93. The molecule has 1 heterocycles. The molecule has 0 fully saturated rings. The van der Waals surface area contributed by atoms with Crippen molar-refractivity contribution in [2.75, 3.05) is 11.9 Å². The average molecular weight is 330 g/mol. The van der Waals surface area contributed by atoms with Crippen LogP contribution in [0.4, 0.5) is 9.52 Å². The molecule has 3 rings (SSSR count). The van der Waals surface area contributed by atoms with Gasteiger partial charge >= 0.3 is 0 Å². The number of amides is 1. The van der Waals surface area contributed by atoms with Crippen molar-refractivity contribution < 1.29 is 13.9 Å². The lowest BCUT2D eigenvalue weighted by Gasteiger charge is -2.06. The molecule has 3 aromatic rings. The van der Waals surface area contributed by atoms with Gasteiger partial charge in [-0.25, -0.2) is 9.37 Å². The first kappa shape index (κ1) is 15.4. The SMILES string of the molecule is CCc1cccc(OCC(=O)Nc2nc3c(F)cccc3s2)c1. The zero-order chi connectivity index (χ0) is 16.2. The van der Waals surface area contributed by atoms with Gasteiger partial charge in [-0.15, -0.1) is 0 Å². The molecule has 23 heavy (non-hydrogen) atoms. The van der Waals surface area contributed by atoms with Crippen molar-refractivity contribution in [3.05, 3.63) is 53.8 Å². The van der Waals surface area contributed by atoms with Crippen LogP contribution in [0.25, 0.3) is 10.2 Å². The monoisotopic (exact) mass is 330 g/mol. The highest BCUT2D eigenvalue weighted by Gasteiger charge is 2.11. The number of anilines is 1. The van der Waals surface area contributed by atoms with Crippen LogP contribution in [0.3, 0.4) is 0 Å². The maximum atomic E-state index is 13.6. The van der Waals surface area contributed by atoms with Crippen molar-refractivity contribution in [2.24, 2.45) is 0 Å². The van der Waals surface area contributed by atoms with Crippen LogP contribution in [0.5, 0.6) is 5.75 Å². The number of aromatic nitrogens is 1. The van der Waals surface area contributed by atoms with Crippen molar-refractivity contribution in [3.8, 4) is 5.75 Å². The van der Waals surface area contributed by atoms with E-state index in [0.717, 1.165) is 12.0 Å². The summed E-state index contributed by atoms with van der Waals surface area (Å²) in [6.07, 6.45) is 0.903. The number of halogens is 1. The van der Waals surface area contributed by atoms with E-state index in [1.165, 1.54) is 17.4 Å². The normalized spacial score (nSPS) is 10.7. The molecule has 0 aliphatic carbocycles. The number of benzene rings is 2. The van der Waals surface area contributed by atoms with Crippen LogP contribution in [-0.2, 0) is 11.2 Å². The minimum absolute atomic E-state index is 0.119. The third-order valence-corrected chi connectivity index (χ3v) is 4.23. The molecular formula is C17H15FN2O2S. The Balaban J connectivity index is 1.63. The van der Waals surface area contributed by atoms with Crippen molar-refractivity contribution in [1.29, 1.82) is 0 Å². The summed E-state index contributed by atoms with van der Waals surface area (Å²) in [6, 6.07) is 12.3. The maximum Gasteiger partial charge on any atom is 0.264 e. The molecule has 0 spiro atoms. The summed E-state index contributed by atoms with van der Waals surface area (Å²) in [7, 11) is 0. The van der Waals surface area contributed by atoms with Crippen LogP contribution >= 0.6 is 11.3 Å². The van der Waals surface area contributed by atoms with Crippen molar-refractivity contribution >= 4 is 32.6 Å². The van der Waals surface area contributed by atoms with Gasteiger partial charge in [-0.05, 0) is 36.2 Å². The predicted octanol–water partition coefficient (Wildman–Crippen LogP) is 4.02. The van der Waals surface area contributed by atoms with E-state index in [1.807, 2.05) is 18.2 Å². The highest BCUT2D eigenvalue weighted by molar-refractivity contribution is 7.22. The smallest absolute Gasteiger partial charge is 0.264 e. The summed E-state index contributed by atoms with van der Waals surface area (Å²) >= 11 is 1.23. The molecule has 1 amide bonds. The summed E-state index contributed by atoms with van der Waals surface area (Å²) in [5, 5.41) is 3.00. The van der Waals surface area contributed by atoms with Gasteiger partial charge < -0.3 is 4.74 Å². The molecule has 0 radical (unpaired) electrons. The van der Waals surface area contributed by atoms with Gasteiger partial charge in [0, 0.05) is 0 Å². The van der Waals surface area contributed by atoms with Crippen molar-refractivity contribution in [2.45, 2.75) is 13.3 Å².